The van der Waals surface area contributed by atoms with E-state index in [0.29, 0.717) is 11.3 Å². The molecule has 0 radical (unpaired) electrons. The van der Waals surface area contributed by atoms with Crippen LogP contribution in [0.3, 0.4) is 0 Å². The second-order valence-corrected chi connectivity index (χ2v) is 8.15. The third-order valence-electron chi connectivity index (χ3n) is 6.16. The van der Waals surface area contributed by atoms with Crippen molar-refractivity contribution in [3.63, 3.8) is 0 Å². The van der Waals surface area contributed by atoms with Crippen molar-refractivity contribution in [3.8, 4) is 11.5 Å². The molecule has 184 valence electrons. The number of ether oxygens (including phenoxy) is 4. The van der Waals surface area contributed by atoms with Crippen LogP contribution in [0.4, 0.5) is 0 Å². The van der Waals surface area contributed by atoms with Crippen molar-refractivity contribution >= 4 is 23.8 Å². The van der Waals surface area contributed by atoms with Crippen LogP contribution in [0.15, 0.2) is 42.5 Å². The maximum Gasteiger partial charge on any atom is 0.344 e. The Bertz CT molecular complexity index is 1150. The molecule has 1 saturated heterocycles. The number of esters is 2. The third-order valence-corrected chi connectivity index (χ3v) is 6.16. The summed E-state index contributed by atoms with van der Waals surface area (Å²) < 4.78 is 21.0. The van der Waals surface area contributed by atoms with Crippen LogP contribution >= 0.6 is 0 Å². The first-order chi connectivity index (χ1) is 16.9. The molecule has 2 aliphatic rings. The maximum atomic E-state index is 13.3. The van der Waals surface area contributed by atoms with E-state index in [2.05, 4.69) is 5.32 Å². The minimum Gasteiger partial charge on any atom is -0.493 e. The molecule has 10 heteroatoms. The SMILES string of the molecule is COC(=O)[C@@H](Cc1ccccc1)NC(=O)[C@@H]1CCC(=O)N1[C@H]1OC(=O)c2c1ccc(OC)c2OC. The van der Waals surface area contributed by atoms with Gasteiger partial charge in [0, 0.05) is 18.4 Å². The van der Waals surface area contributed by atoms with Crippen LogP contribution in [-0.4, -0.2) is 62.1 Å². The van der Waals surface area contributed by atoms with Crippen LogP contribution < -0.4 is 14.8 Å². The summed E-state index contributed by atoms with van der Waals surface area (Å²) in [6.07, 6.45) is -0.580. The van der Waals surface area contributed by atoms with Crippen LogP contribution in [0.2, 0.25) is 0 Å². The van der Waals surface area contributed by atoms with Crippen molar-refractivity contribution in [1.29, 1.82) is 0 Å². The number of carbonyl (C=O) groups is 4. The van der Waals surface area contributed by atoms with E-state index in [9.17, 15) is 19.2 Å². The van der Waals surface area contributed by atoms with Gasteiger partial charge in [-0.15, -0.1) is 0 Å². The monoisotopic (exact) mass is 482 g/mol. The number of benzene rings is 2. The highest BCUT2D eigenvalue weighted by atomic mass is 16.6. The largest absolute Gasteiger partial charge is 0.493 e. The number of nitrogens with one attached hydrogen (secondary N) is 1. The van der Waals surface area contributed by atoms with Gasteiger partial charge in [0.1, 0.15) is 17.6 Å². The van der Waals surface area contributed by atoms with E-state index in [0.717, 1.165) is 5.56 Å². The summed E-state index contributed by atoms with van der Waals surface area (Å²) in [7, 11) is 4.09. The molecule has 35 heavy (non-hydrogen) atoms. The number of nitrogens with zero attached hydrogens (tertiary/aromatic N) is 1. The van der Waals surface area contributed by atoms with Gasteiger partial charge < -0.3 is 24.3 Å². The molecule has 0 aromatic heterocycles. The fourth-order valence-corrected chi connectivity index (χ4v) is 4.50. The minimum atomic E-state index is -1.10. The lowest BCUT2D eigenvalue weighted by molar-refractivity contribution is -0.149. The molecule has 2 heterocycles. The van der Waals surface area contributed by atoms with E-state index < -0.39 is 36.2 Å². The van der Waals surface area contributed by atoms with Gasteiger partial charge in [-0.1, -0.05) is 30.3 Å². The Morgan fingerprint density at radius 3 is 2.49 bits per heavy atom. The molecule has 0 spiro atoms. The normalized spacial score (nSPS) is 19.6. The predicted molar refractivity (Wildman–Crippen MR) is 122 cm³/mol. The number of cyclic esters (lactones) is 1. The predicted octanol–water partition coefficient (Wildman–Crippen LogP) is 1.76. The Hall–Kier alpha value is -4.08. The number of fused-ring (bicyclic) bond motifs is 1. The van der Waals surface area contributed by atoms with Crippen LogP contribution in [0.5, 0.6) is 11.5 Å². The Kier molecular flexibility index (Phi) is 6.90. The molecule has 0 saturated carbocycles. The Labute approximate surface area is 202 Å². The fourth-order valence-electron chi connectivity index (χ4n) is 4.50. The number of hydrogen-bond acceptors (Lipinski definition) is 8. The Balaban J connectivity index is 1.60. The van der Waals surface area contributed by atoms with Gasteiger partial charge in [-0.05, 0) is 24.1 Å². The Morgan fingerprint density at radius 1 is 1.09 bits per heavy atom. The minimum absolute atomic E-state index is 0.0936. The molecular formula is C25H26N2O8. The standard InChI is InChI=1S/C25H26N2O8/c1-32-18-11-9-15-20(21(18)33-2)25(31)35-23(15)27-17(10-12-19(27)28)22(29)26-16(24(30)34-3)13-14-7-5-4-6-8-14/h4-9,11,16-17,23H,10,12-13H2,1-3H3,(H,26,29)/t16-,17+,23+/m1/s1. The zero-order chi connectivity index (χ0) is 25.1. The molecule has 2 aromatic rings. The number of likely N-dealkylation sites (tertiary alicyclic amines) is 1. The lowest BCUT2D eigenvalue weighted by atomic mass is 10.0. The van der Waals surface area contributed by atoms with Gasteiger partial charge in [0.05, 0.1) is 21.3 Å². The molecule has 1 fully saturated rings. The number of rotatable bonds is 8. The van der Waals surface area contributed by atoms with Gasteiger partial charge in [-0.25, -0.2) is 9.59 Å². The molecule has 0 bridgehead atoms. The molecule has 10 nitrogen and oxygen atoms in total. The van der Waals surface area contributed by atoms with Gasteiger partial charge in [-0.2, -0.15) is 0 Å². The highest BCUT2D eigenvalue weighted by molar-refractivity contribution is 5.99. The van der Waals surface area contributed by atoms with Crippen LogP contribution in [0, 0.1) is 0 Å². The summed E-state index contributed by atoms with van der Waals surface area (Å²) in [5, 5.41) is 2.72. The molecule has 0 aliphatic carbocycles. The van der Waals surface area contributed by atoms with E-state index >= 15 is 0 Å². The highest BCUT2D eigenvalue weighted by Gasteiger charge is 2.48. The van der Waals surface area contributed by atoms with Crippen molar-refractivity contribution in [3.05, 3.63) is 59.2 Å². The summed E-state index contributed by atoms with van der Waals surface area (Å²) in [5.74, 6) is -1.63. The first kappa shape index (κ1) is 24.1. The number of carbonyl (C=O) groups excluding carboxylic acids is 4. The van der Waals surface area contributed by atoms with Gasteiger partial charge in [0.25, 0.3) is 0 Å². The van der Waals surface area contributed by atoms with Crippen molar-refractivity contribution < 1.29 is 38.1 Å². The van der Waals surface area contributed by atoms with Crippen LogP contribution in [0.1, 0.15) is 40.6 Å². The lowest BCUT2D eigenvalue weighted by Gasteiger charge is -2.30. The summed E-state index contributed by atoms with van der Waals surface area (Å²) >= 11 is 0. The lowest BCUT2D eigenvalue weighted by Crippen LogP contribution is -2.52. The first-order valence-electron chi connectivity index (χ1n) is 11.1. The van der Waals surface area contributed by atoms with Gasteiger partial charge >= 0.3 is 11.9 Å². The molecule has 2 amide bonds. The van der Waals surface area contributed by atoms with Gasteiger partial charge in [0.15, 0.2) is 11.5 Å². The molecule has 2 aromatic carbocycles. The average molecular weight is 482 g/mol. The van der Waals surface area contributed by atoms with E-state index in [-0.39, 0.29) is 36.5 Å². The molecule has 4 rings (SSSR count). The second-order valence-electron chi connectivity index (χ2n) is 8.15. The molecular weight excluding hydrogens is 456 g/mol. The van der Waals surface area contributed by atoms with Gasteiger partial charge in [0.2, 0.25) is 18.0 Å². The zero-order valence-corrected chi connectivity index (χ0v) is 19.6. The smallest absolute Gasteiger partial charge is 0.344 e. The Morgan fingerprint density at radius 2 is 1.83 bits per heavy atom. The average Bonchev–Trinajstić information content (AvgIpc) is 3.42. The number of methoxy groups -OCH3 is 3. The molecule has 0 unspecified atom stereocenters. The summed E-state index contributed by atoms with van der Waals surface area (Å²) in [6.45, 7) is 0. The third kappa shape index (κ3) is 4.51. The van der Waals surface area contributed by atoms with Crippen molar-refractivity contribution in [2.75, 3.05) is 21.3 Å². The van der Waals surface area contributed by atoms with Crippen LogP contribution in [-0.2, 0) is 30.3 Å². The van der Waals surface area contributed by atoms with E-state index in [1.165, 1.54) is 26.2 Å². The van der Waals surface area contributed by atoms with Crippen molar-refractivity contribution in [2.24, 2.45) is 0 Å². The highest BCUT2D eigenvalue weighted by Crippen LogP contribution is 2.45. The molecule has 2 aliphatic heterocycles. The van der Waals surface area contributed by atoms with Crippen LogP contribution in [0.25, 0.3) is 0 Å². The van der Waals surface area contributed by atoms with Crippen molar-refractivity contribution in [2.45, 2.75) is 37.6 Å². The maximum absolute atomic E-state index is 13.3. The summed E-state index contributed by atoms with van der Waals surface area (Å²) in [5.41, 5.74) is 1.38. The van der Waals surface area contributed by atoms with Crippen molar-refractivity contribution in [1.82, 2.24) is 10.2 Å². The molecule has 1 N–H and O–H groups in total. The van der Waals surface area contributed by atoms with E-state index in [4.69, 9.17) is 18.9 Å². The fraction of sp³-hybridized carbons (Fsp3) is 0.360. The number of hydrogen-bond donors (Lipinski definition) is 1. The van der Waals surface area contributed by atoms with Gasteiger partial charge in [-0.3, -0.25) is 14.5 Å². The van der Waals surface area contributed by atoms with E-state index in [1.807, 2.05) is 30.3 Å². The molecule has 3 atom stereocenters. The van der Waals surface area contributed by atoms with E-state index in [1.54, 1.807) is 12.1 Å². The zero-order valence-electron chi connectivity index (χ0n) is 19.6. The summed E-state index contributed by atoms with van der Waals surface area (Å²) in [6, 6.07) is 10.5. The quantitative estimate of drug-likeness (QED) is 0.565. The first-order valence-corrected chi connectivity index (χ1v) is 11.1. The summed E-state index contributed by atoms with van der Waals surface area (Å²) in [4.78, 5) is 52.5. The second kappa shape index (κ2) is 10.0. The number of amides is 2. The topological polar surface area (TPSA) is 120 Å².